The molecule has 2 aromatic heterocycles. The van der Waals surface area contributed by atoms with Gasteiger partial charge in [0.2, 0.25) is 0 Å². The smallest absolute Gasteiger partial charge is 0.256 e. The first-order valence-electron chi connectivity index (χ1n) is 7.68. The lowest BCUT2D eigenvalue weighted by Crippen LogP contribution is -2.15. The first kappa shape index (κ1) is 18.9. The van der Waals surface area contributed by atoms with E-state index >= 15 is 0 Å². The number of primary amides is 1. The number of rotatable bonds is 5. The van der Waals surface area contributed by atoms with Crippen LogP contribution in [-0.2, 0) is 0 Å². The van der Waals surface area contributed by atoms with E-state index in [0.717, 1.165) is 0 Å². The Kier molecular flexibility index (Phi) is 5.48. The molecule has 0 saturated heterocycles. The molecule has 9 heteroatoms. The molecule has 0 atom stereocenters. The van der Waals surface area contributed by atoms with Gasteiger partial charge < -0.3 is 16.0 Å². The van der Waals surface area contributed by atoms with Crippen LogP contribution in [0.4, 0.5) is 15.8 Å². The second-order valence-electron chi connectivity index (χ2n) is 5.49. The van der Waals surface area contributed by atoms with Crippen LogP contribution in [0, 0.1) is 5.82 Å². The van der Waals surface area contributed by atoms with Crippen molar-refractivity contribution in [3.05, 3.63) is 69.5 Å². The van der Waals surface area contributed by atoms with E-state index in [1.165, 1.54) is 48.4 Å². The number of aromatic nitrogens is 2. The Morgan fingerprint density at radius 2 is 2.04 bits per heavy atom. The number of benzene rings is 1. The van der Waals surface area contributed by atoms with Gasteiger partial charge in [0.15, 0.2) is 0 Å². The molecule has 0 aliphatic heterocycles. The number of thioether (sulfide) groups is 1. The molecule has 0 bridgehead atoms. The maximum atomic E-state index is 14.2. The molecule has 0 aliphatic rings. The van der Waals surface area contributed by atoms with Crippen LogP contribution in [0.15, 0.2) is 52.5 Å². The van der Waals surface area contributed by atoms with E-state index in [9.17, 15) is 14.0 Å². The largest absolute Gasteiger partial charge is 0.365 e. The minimum Gasteiger partial charge on any atom is -0.365 e. The van der Waals surface area contributed by atoms with Gasteiger partial charge in [-0.25, -0.2) is 4.39 Å². The second-order valence-corrected chi connectivity index (χ2v) is 6.75. The number of carbonyl (C=O) groups excluding carboxylic acids is 1. The number of nitrogens with zero attached hydrogens (tertiary/aromatic N) is 1. The molecule has 0 fully saturated rings. The van der Waals surface area contributed by atoms with Crippen molar-refractivity contribution in [2.24, 2.45) is 5.73 Å². The number of H-pyrrole nitrogens is 1. The second kappa shape index (κ2) is 7.81. The Balaban J connectivity index is 2.15. The molecule has 6 nitrogen and oxygen atoms in total. The van der Waals surface area contributed by atoms with E-state index in [1.807, 2.05) is 0 Å². The summed E-state index contributed by atoms with van der Waals surface area (Å²) in [5.41, 5.74) is 6.16. The zero-order chi connectivity index (χ0) is 19.6. The molecule has 0 radical (unpaired) electrons. The summed E-state index contributed by atoms with van der Waals surface area (Å²) in [6.07, 6.45) is 4.61. The number of hydrogen-bond donors (Lipinski definition) is 3. The third-order valence-electron chi connectivity index (χ3n) is 3.78. The summed E-state index contributed by atoms with van der Waals surface area (Å²) in [5.74, 6) is -1.23. The van der Waals surface area contributed by atoms with Gasteiger partial charge in [0.1, 0.15) is 5.82 Å². The van der Waals surface area contributed by atoms with Crippen LogP contribution in [-0.4, -0.2) is 22.1 Å². The quantitative estimate of drug-likeness (QED) is 0.561. The molecule has 3 aromatic rings. The molecule has 2 heterocycles. The van der Waals surface area contributed by atoms with Gasteiger partial charge in [-0.15, -0.1) is 11.8 Å². The van der Waals surface area contributed by atoms with Crippen molar-refractivity contribution in [3.8, 4) is 11.1 Å². The molecule has 0 saturated carbocycles. The SMILES string of the molecule is CSc1[nH]c(=O)c(-c2cc(Cl)ccc2F)cc1Nc1ccncc1C(N)=O. The van der Waals surface area contributed by atoms with Crippen molar-refractivity contribution >= 4 is 40.6 Å². The minimum absolute atomic E-state index is 0.0734. The Bertz CT molecular complexity index is 1090. The van der Waals surface area contributed by atoms with Gasteiger partial charge in [-0.05, 0) is 36.6 Å². The standard InChI is InChI=1S/C18H14ClFN4O2S/c1-27-18-15(23-14-4-5-22-8-12(14)16(21)25)7-11(17(26)24-18)10-6-9(19)2-3-13(10)20/h2-8H,1H3,(H2,21,25)(H,22,23)(H,24,26). The van der Waals surface area contributed by atoms with Crippen LogP contribution in [0.25, 0.3) is 11.1 Å². The first-order valence-corrected chi connectivity index (χ1v) is 9.28. The van der Waals surface area contributed by atoms with Gasteiger partial charge in [-0.1, -0.05) is 11.6 Å². The third-order valence-corrected chi connectivity index (χ3v) is 4.75. The lowest BCUT2D eigenvalue weighted by atomic mass is 10.1. The molecule has 0 unspecified atom stereocenters. The molecule has 27 heavy (non-hydrogen) atoms. The number of halogens is 2. The monoisotopic (exact) mass is 404 g/mol. The van der Waals surface area contributed by atoms with Crippen molar-refractivity contribution in [1.82, 2.24) is 9.97 Å². The topological polar surface area (TPSA) is 101 Å². The average Bonchev–Trinajstić information content (AvgIpc) is 2.65. The Hall–Kier alpha value is -2.84. The van der Waals surface area contributed by atoms with Gasteiger partial charge in [0.05, 0.1) is 27.5 Å². The van der Waals surface area contributed by atoms with E-state index in [0.29, 0.717) is 21.4 Å². The number of nitrogens with one attached hydrogen (secondary N) is 2. The highest BCUT2D eigenvalue weighted by Crippen LogP contribution is 2.31. The van der Waals surface area contributed by atoms with Crippen molar-refractivity contribution in [1.29, 1.82) is 0 Å². The van der Waals surface area contributed by atoms with Crippen LogP contribution in [0.2, 0.25) is 5.02 Å². The molecule has 4 N–H and O–H groups in total. The molecule has 1 aromatic carbocycles. The van der Waals surface area contributed by atoms with E-state index in [2.05, 4.69) is 15.3 Å². The van der Waals surface area contributed by atoms with Gasteiger partial charge in [-0.2, -0.15) is 0 Å². The summed E-state index contributed by atoms with van der Waals surface area (Å²) < 4.78 is 14.2. The number of aromatic amines is 1. The zero-order valence-corrected chi connectivity index (χ0v) is 15.6. The van der Waals surface area contributed by atoms with Crippen molar-refractivity contribution in [2.75, 3.05) is 11.6 Å². The van der Waals surface area contributed by atoms with Gasteiger partial charge in [-0.3, -0.25) is 14.6 Å². The number of anilines is 2. The Morgan fingerprint density at radius 1 is 1.26 bits per heavy atom. The molecule has 138 valence electrons. The number of pyridine rings is 2. The number of carbonyl (C=O) groups is 1. The normalized spacial score (nSPS) is 10.6. The van der Waals surface area contributed by atoms with E-state index in [-0.39, 0.29) is 16.7 Å². The summed E-state index contributed by atoms with van der Waals surface area (Å²) in [7, 11) is 0. The summed E-state index contributed by atoms with van der Waals surface area (Å²) in [6.45, 7) is 0. The van der Waals surface area contributed by atoms with Crippen molar-refractivity contribution in [2.45, 2.75) is 5.03 Å². The van der Waals surface area contributed by atoms with E-state index < -0.39 is 17.3 Å². The minimum atomic E-state index is -0.651. The summed E-state index contributed by atoms with van der Waals surface area (Å²) in [4.78, 5) is 30.7. The maximum absolute atomic E-state index is 14.2. The predicted octanol–water partition coefficient (Wildman–Crippen LogP) is 3.79. The van der Waals surface area contributed by atoms with Gasteiger partial charge >= 0.3 is 0 Å². The van der Waals surface area contributed by atoms with Gasteiger partial charge in [0, 0.05) is 23.0 Å². The molecule has 3 rings (SSSR count). The van der Waals surface area contributed by atoms with Crippen LogP contribution in [0.5, 0.6) is 0 Å². The van der Waals surface area contributed by atoms with Crippen LogP contribution in [0.1, 0.15) is 10.4 Å². The number of nitrogens with two attached hydrogens (primary N) is 1. The van der Waals surface area contributed by atoms with E-state index in [4.69, 9.17) is 17.3 Å². The zero-order valence-electron chi connectivity index (χ0n) is 14.0. The lowest BCUT2D eigenvalue weighted by Gasteiger charge is -2.14. The molecule has 0 aliphatic carbocycles. The van der Waals surface area contributed by atoms with Crippen LogP contribution < -0.4 is 16.6 Å². The van der Waals surface area contributed by atoms with Crippen LogP contribution in [0.3, 0.4) is 0 Å². The van der Waals surface area contributed by atoms with Crippen molar-refractivity contribution in [3.63, 3.8) is 0 Å². The highest BCUT2D eigenvalue weighted by Gasteiger charge is 2.16. The maximum Gasteiger partial charge on any atom is 0.256 e. The summed E-state index contributed by atoms with van der Waals surface area (Å²) in [6, 6.07) is 7.06. The summed E-state index contributed by atoms with van der Waals surface area (Å²) in [5, 5.41) is 3.88. The fourth-order valence-electron chi connectivity index (χ4n) is 2.52. The van der Waals surface area contributed by atoms with Gasteiger partial charge in [0.25, 0.3) is 11.5 Å². The number of amides is 1. The molecular weight excluding hydrogens is 391 g/mol. The highest BCUT2D eigenvalue weighted by atomic mass is 35.5. The van der Waals surface area contributed by atoms with Crippen molar-refractivity contribution < 1.29 is 9.18 Å². The molecule has 0 spiro atoms. The Morgan fingerprint density at radius 3 is 2.74 bits per heavy atom. The summed E-state index contributed by atoms with van der Waals surface area (Å²) >= 11 is 7.23. The van der Waals surface area contributed by atoms with E-state index in [1.54, 1.807) is 12.3 Å². The molecular formula is C18H14ClFN4O2S. The highest BCUT2D eigenvalue weighted by molar-refractivity contribution is 7.98. The molecule has 1 amide bonds. The third kappa shape index (κ3) is 3.96. The fourth-order valence-corrected chi connectivity index (χ4v) is 3.21. The van der Waals surface area contributed by atoms with Crippen LogP contribution >= 0.6 is 23.4 Å². The number of hydrogen-bond acceptors (Lipinski definition) is 5. The first-order chi connectivity index (χ1) is 12.9. The predicted molar refractivity (Wildman–Crippen MR) is 105 cm³/mol. The fraction of sp³-hybridized carbons (Fsp3) is 0.0556. The average molecular weight is 405 g/mol. The lowest BCUT2D eigenvalue weighted by molar-refractivity contribution is 0.100. The Labute approximate surface area is 163 Å².